The number of amides is 1. The number of ether oxygens (including phenoxy) is 1. The molecule has 2 N–H and O–H groups in total. The Labute approximate surface area is 124 Å². The molecule has 0 saturated carbocycles. The Morgan fingerprint density at radius 1 is 1.19 bits per heavy atom. The third kappa shape index (κ3) is 3.36. The highest BCUT2D eigenvalue weighted by molar-refractivity contribution is 5.79. The van der Waals surface area contributed by atoms with Gasteiger partial charge in [-0.3, -0.25) is 4.79 Å². The molecule has 2 aliphatic heterocycles. The summed E-state index contributed by atoms with van der Waals surface area (Å²) in [5.41, 5.74) is 0. The summed E-state index contributed by atoms with van der Waals surface area (Å²) in [6.07, 6.45) is 0.819. The van der Waals surface area contributed by atoms with Crippen LogP contribution in [-0.4, -0.2) is 54.3 Å². The summed E-state index contributed by atoms with van der Waals surface area (Å²) in [6, 6.07) is 9.45. The fourth-order valence-electron chi connectivity index (χ4n) is 3.05. The molecular weight excluding hydrogens is 268 g/mol. The van der Waals surface area contributed by atoms with Crippen LogP contribution in [0.1, 0.15) is 12.8 Å². The Hall–Kier alpha value is -1.59. The number of aliphatic hydroxyl groups excluding tert-OH is 1. The molecule has 2 aliphatic rings. The van der Waals surface area contributed by atoms with Gasteiger partial charge in [0.15, 0.2) is 0 Å². The van der Waals surface area contributed by atoms with E-state index in [1.54, 1.807) is 4.90 Å². The zero-order valence-corrected chi connectivity index (χ0v) is 12.1. The van der Waals surface area contributed by atoms with Crippen LogP contribution in [0.5, 0.6) is 5.75 Å². The van der Waals surface area contributed by atoms with E-state index in [1.165, 1.54) is 0 Å². The Bertz CT molecular complexity index is 474. The molecule has 3 rings (SSSR count). The zero-order chi connectivity index (χ0) is 14.7. The standard InChI is InChI=1S/C16H22N2O3/c19-14-10-18(16(20)12-6-8-17-9-7-12)11-15(14)21-13-4-2-1-3-5-13/h1-5,12,14-15,17,19H,6-11H2/t14-,15-/m1/s1. The fourth-order valence-corrected chi connectivity index (χ4v) is 3.05. The summed E-state index contributed by atoms with van der Waals surface area (Å²) in [4.78, 5) is 14.2. The largest absolute Gasteiger partial charge is 0.486 e. The van der Waals surface area contributed by atoms with Crippen LogP contribution in [0.15, 0.2) is 30.3 Å². The van der Waals surface area contributed by atoms with Crippen LogP contribution in [0.2, 0.25) is 0 Å². The number of nitrogens with one attached hydrogen (secondary N) is 1. The maximum atomic E-state index is 12.5. The first-order chi connectivity index (χ1) is 10.2. The SMILES string of the molecule is O=C(C1CCNCC1)N1C[C@@H](O)[C@H](Oc2ccccc2)C1. The van der Waals surface area contributed by atoms with Gasteiger partial charge in [-0.05, 0) is 38.1 Å². The smallest absolute Gasteiger partial charge is 0.226 e. The molecule has 0 aliphatic carbocycles. The van der Waals surface area contributed by atoms with Crippen molar-refractivity contribution in [3.8, 4) is 5.75 Å². The quantitative estimate of drug-likeness (QED) is 0.857. The van der Waals surface area contributed by atoms with Crippen LogP contribution in [0.3, 0.4) is 0 Å². The number of aliphatic hydroxyl groups is 1. The molecule has 2 saturated heterocycles. The highest BCUT2D eigenvalue weighted by atomic mass is 16.5. The number of rotatable bonds is 3. The van der Waals surface area contributed by atoms with E-state index < -0.39 is 6.10 Å². The van der Waals surface area contributed by atoms with Crippen molar-refractivity contribution < 1.29 is 14.6 Å². The van der Waals surface area contributed by atoms with Gasteiger partial charge in [-0.25, -0.2) is 0 Å². The third-order valence-corrected chi connectivity index (χ3v) is 4.27. The van der Waals surface area contributed by atoms with Gasteiger partial charge in [0.2, 0.25) is 5.91 Å². The summed E-state index contributed by atoms with van der Waals surface area (Å²) >= 11 is 0. The van der Waals surface area contributed by atoms with Gasteiger partial charge >= 0.3 is 0 Å². The van der Waals surface area contributed by atoms with E-state index in [-0.39, 0.29) is 17.9 Å². The first-order valence-electron chi connectivity index (χ1n) is 7.63. The van der Waals surface area contributed by atoms with E-state index in [1.807, 2.05) is 30.3 Å². The predicted molar refractivity (Wildman–Crippen MR) is 79.0 cm³/mol. The number of likely N-dealkylation sites (tertiary alicyclic amines) is 1. The number of para-hydroxylation sites is 1. The first-order valence-corrected chi connectivity index (χ1v) is 7.63. The van der Waals surface area contributed by atoms with Crippen LogP contribution in [0.25, 0.3) is 0 Å². The molecule has 114 valence electrons. The molecule has 1 aromatic carbocycles. The van der Waals surface area contributed by atoms with Crippen LogP contribution in [-0.2, 0) is 4.79 Å². The van der Waals surface area contributed by atoms with Crippen LogP contribution < -0.4 is 10.1 Å². The lowest BCUT2D eigenvalue weighted by Crippen LogP contribution is -2.40. The number of β-amino-alcohol motifs (C(OH)–C–C–N with tert-alkyl or cyclic N) is 1. The van der Waals surface area contributed by atoms with Crippen molar-refractivity contribution >= 4 is 5.91 Å². The lowest BCUT2D eigenvalue weighted by Gasteiger charge is -2.26. The summed E-state index contributed by atoms with van der Waals surface area (Å²) in [6.45, 7) is 2.65. The van der Waals surface area contributed by atoms with Gasteiger partial charge in [0.05, 0.1) is 13.1 Å². The highest BCUT2D eigenvalue weighted by Gasteiger charge is 2.38. The lowest BCUT2D eigenvalue weighted by atomic mass is 9.97. The maximum Gasteiger partial charge on any atom is 0.226 e. The van der Waals surface area contributed by atoms with Crippen molar-refractivity contribution in [3.05, 3.63) is 30.3 Å². The lowest BCUT2D eigenvalue weighted by molar-refractivity contribution is -0.135. The van der Waals surface area contributed by atoms with E-state index in [0.29, 0.717) is 13.1 Å². The number of hydrogen-bond acceptors (Lipinski definition) is 4. The minimum absolute atomic E-state index is 0.0916. The molecule has 5 nitrogen and oxygen atoms in total. The molecular formula is C16H22N2O3. The van der Waals surface area contributed by atoms with Crippen molar-refractivity contribution in [2.45, 2.75) is 25.0 Å². The zero-order valence-electron chi connectivity index (χ0n) is 12.1. The average Bonchev–Trinajstić information content (AvgIpc) is 2.89. The Balaban J connectivity index is 1.58. The Morgan fingerprint density at radius 3 is 2.62 bits per heavy atom. The number of carbonyl (C=O) groups excluding carboxylic acids is 1. The highest BCUT2D eigenvalue weighted by Crippen LogP contribution is 2.22. The normalized spacial score (nSPS) is 26.8. The summed E-state index contributed by atoms with van der Waals surface area (Å²) in [7, 11) is 0. The van der Waals surface area contributed by atoms with Gasteiger partial charge in [-0.15, -0.1) is 0 Å². The van der Waals surface area contributed by atoms with Gasteiger partial charge in [0.1, 0.15) is 18.0 Å². The van der Waals surface area contributed by atoms with E-state index in [2.05, 4.69) is 5.32 Å². The molecule has 2 fully saturated rings. The van der Waals surface area contributed by atoms with Gasteiger partial charge in [0, 0.05) is 5.92 Å². The van der Waals surface area contributed by atoms with Crippen molar-refractivity contribution in [3.63, 3.8) is 0 Å². The number of benzene rings is 1. The second-order valence-electron chi connectivity index (χ2n) is 5.80. The molecule has 21 heavy (non-hydrogen) atoms. The Kier molecular flexibility index (Phi) is 4.41. The van der Waals surface area contributed by atoms with Crippen molar-refractivity contribution in [1.29, 1.82) is 0 Å². The van der Waals surface area contributed by atoms with Gasteiger partial charge in [0.25, 0.3) is 0 Å². The Morgan fingerprint density at radius 2 is 1.90 bits per heavy atom. The summed E-state index contributed by atoms with van der Waals surface area (Å²) < 4.78 is 5.80. The molecule has 0 unspecified atom stereocenters. The molecule has 5 heteroatoms. The molecule has 1 amide bonds. The number of hydrogen-bond donors (Lipinski definition) is 2. The summed E-state index contributed by atoms with van der Waals surface area (Å²) in [5.74, 6) is 0.987. The fraction of sp³-hybridized carbons (Fsp3) is 0.562. The van der Waals surface area contributed by atoms with Crippen molar-refractivity contribution in [2.75, 3.05) is 26.2 Å². The molecule has 0 bridgehead atoms. The minimum Gasteiger partial charge on any atom is -0.486 e. The van der Waals surface area contributed by atoms with E-state index >= 15 is 0 Å². The monoisotopic (exact) mass is 290 g/mol. The average molecular weight is 290 g/mol. The second-order valence-corrected chi connectivity index (χ2v) is 5.80. The van der Waals surface area contributed by atoms with Gasteiger partial charge in [-0.1, -0.05) is 18.2 Å². The van der Waals surface area contributed by atoms with Crippen molar-refractivity contribution in [1.82, 2.24) is 10.2 Å². The minimum atomic E-state index is -0.615. The molecule has 1 aromatic rings. The molecule has 2 heterocycles. The second kappa shape index (κ2) is 6.45. The van der Waals surface area contributed by atoms with Gasteiger partial charge < -0.3 is 20.1 Å². The molecule has 0 aromatic heterocycles. The van der Waals surface area contributed by atoms with Gasteiger partial charge in [-0.2, -0.15) is 0 Å². The third-order valence-electron chi connectivity index (χ3n) is 4.27. The molecule has 2 atom stereocenters. The van der Waals surface area contributed by atoms with Crippen LogP contribution >= 0.6 is 0 Å². The van der Waals surface area contributed by atoms with Crippen molar-refractivity contribution in [2.24, 2.45) is 5.92 Å². The maximum absolute atomic E-state index is 12.5. The van der Waals surface area contributed by atoms with E-state index in [9.17, 15) is 9.90 Å². The summed E-state index contributed by atoms with van der Waals surface area (Å²) in [5, 5.41) is 13.4. The van der Waals surface area contributed by atoms with Crippen LogP contribution in [0.4, 0.5) is 0 Å². The number of nitrogens with zero attached hydrogens (tertiary/aromatic N) is 1. The van der Waals surface area contributed by atoms with E-state index in [0.717, 1.165) is 31.7 Å². The number of piperidine rings is 1. The van der Waals surface area contributed by atoms with E-state index in [4.69, 9.17) is 4.74 Å². The molecule has 0 radical (unpaired) electrons. The number of carbonyl (C=O) groups is 1. The topological polar surface area (TPSA) is 61.8 Å². The predicted octanol–water partition coefficient (Wildman–Crippen LogP) is 0.637. The molecule has 0 spiro atoms. The first kappa shape index (κ1) is 14.4. The van der Waals surface area contributed by atoms with Crippen LogP contribution in [0, 0.1) is 5.92 Å².